The largest absolute Gasteiger partial charge is 0.348 e. The first-order chi connectivity index (χ1) is 14.9. The van der Waals surface area contributed by atoms with Crippen LogP contribution in [0.15, 0.2) is 54.4 Å². The lowest BCUT2D eigenvalue weighted by atomic mass is 10.0. The number of benzene rings is 1. The number of carbonyl (C=O) groups is 1. The lowest BCUT2D eigenvalue weighted by molar-refractivity contribution is 0.102. The van der Waals surface area contributed by atoms with Crippen molar-refractivity contribution in [2.45, 2.75) is 32.2 Å². The van der Waals surface area contributed by atoms with E-state index in [0.29, 0.717) is 31.4 Å². The van der Waals surface area contributed by atoms with Crippen molar-refractivity contribution in [1.82, 2.24) is 19.5 Å². The maximum atomic E-state index is 12.8. The summed E-state index contributed by atoms with van der Waals surface area (Å²) in [6.07, 6.45) is 6.32. The minimum absolute atomic E-state index is 0.0410. The summed E-state index contributed by atoms with van der Waals surface area (Å²) in [5, 5.41) is 6.47. The fraction of sp³-hybridized carbons (Fsp3) is 0.391. The number of nitrogens with one attached hydrogen (secondary N) is 2. The van der Waals surface area contributed by atoms with Crippen LogP contribution in [-0.4, -0.2) is 50.4 Å². The van der Waals surface area contributed by atoms with Gasteiger partial charge in [-0.05, 0) is 41.8 Å². The highest BCUT2D eigenvalue weighted by Crippen LogP contribution is 2.29. The summed E-state index contributed by atoms with van der Waals surface area (Å²) >= 11 is 0. The molecule has 0 saturated carbocycles. The van der Waals surface area contributed by atoms with Crippen molar-refractivity contribution in [1.29, 1.82) is 0 Å². The quantitative estimate of drug-likeness (QED) is 0.748. The molecule has 31 heavy (non-hydrogen) atoms. The highest BCUT2D eigenvalue weighted by Gasteiger charge is 2.29. The molecule has 3 heterocycles. The summed E-state index contributed by atoms with van der Waals surface area (Å²) in [6.45, 7) is 6.29. The smallest absolute Gasteiger partial charge is 0.255 e. The summed E-state index contributed by atoms with van der Waals surface area (Å²) in [5.41, 5.74) is 4.70. The number of hydrogen-bond acceptors (Lipinski definition) is 5. The zero-order valence-electron chi connectivity index (χ0n) is 18.2. The van der Waals surface area contributed by atoms with Gasteiger partial charge in [-0.15, -0.1) is 0 Å². The summed E-state index contributed by atoms with van der Waals surface area (Å²) < 4.78 is 13.7. The van der Waals surface area contributed by atoms with Gasteiger partial charge in [0.05, 0.1) is 36.1 Å². The molecule has 1 aromatic heterocycles. The maximum Gasteiger partial charge on any atom is 0.255 e. The fourth-order valence-corrected chi connectivity index (χ4v) is 4.46. The second kappa shape index (κ2) is 9.30. The first-order valence-electron chi connectivity index (χ1n) is 10.5. The standard InChI is InChI=1S/C23H29N5O2S/c1-16(2)17-4-6-19(7-5-17)26-23(29)18-8-10-24-21(12-18)22-13-20-9-11-28(31(3)30)15-27(20)14-25-22/h4-10,12,16,22,25H,11,13-15H2,1-3H3,(H,26,29). The molecule has 2 aliphatic heterocycles. The lowest BCUT2D eigenvalue weighted by Crippen LogP contribution is -2.50. The average Bonchev–Trinajstić information content (AvgIpc) is 2.78. The molecule has 7 nitrogen and oxygen atoms in total. The van der Waals surface area contributed by atoms with Crippen molar-refractivity contribution in [3.63, 3.8) is 0 Å². The van der Waals surface area contributed by atoms with Crippen LogP contribution in [0.25, 0.3) is 0 Å². The molecule has 2 unspecified atom stereocenters. The molecular formula is C23H29N5O2S. The van der Waals surface area contributed by atoms with Crippen molar-refractivity contribution in [3.05, 3.63) is 71.2 Å². The summed E-state index contributed by atoms with van der Waals surface area (Å²) in [4.78, 5) is 19.5. The third-order valence-corrected chi connectivity index (χ3v) is 6.80. The first kappa shape index (κ1) is 21.7. The Balaban J connectivity index is 1.43. The first-order valence-corrected chi connectivity index (χ1v) is 12.1. The van der Waals surface area contributed by atoms with Crippen LogP contribution in [0.3, 0.4) is 0 Å². The molecule has 1 fully saturated rings. The van der Waals surface area contributed by atoms with Crippen molar-refractivity contribution >= 4 is 22.6 Å². The molecule has 0 spiro atoms. The molecular weight excluding hydrogens is 410 g/mol. The zero-order chi connectivity index (χ0) is 22.0. The molecule has 0 radical (unpaired) electrons. The Labute approximate surface area is 186 Å². The number of pyridine rings is 1. The number of aromatic nitrogens is 1. The SMILES string of the molecule is CC(C)c1ccc(NC(=O)c2ccnc(C3CC4=CCN(S(C)=O)CN4CN3)c2)cc1. The van der Waals surface area contributed by atoms with Gasteiger partial charge in [-0.3, -0.25) is 15.1 Å². The second-order valence-electron chi connectivity index (χ2n) is 8.28. The number of amides is 1. The van der Waals surface area contributed by atoms with E-state index in [9.17, 15) is 9.00 Å². The molecule has 2 aliphatic rings. The van der Waals surface area contributed by atoms with Crippen molar-refractivity contribution in [2.24, 2.45) is 0 Å². The Morgan fingerprint density at radius 1 is 1.26 bits per heavy atom. The van der Waals surface area contributed by atoms with E-state index in [4.69, 9.17) is 0 Å². The molecule has 0 bridgehead atoms. The molecule has 1 amide bonds. The highest BCUT2D eigenvalue weighted by molar-refractivity contribution is 7.81. The van der Waals surface area contributed by atoms with Gasteiger partial charge in [-0.1, -0.05) is 26.0 Å². The average molecular weight is 440 g/mol. The topological polar surface area (TPSA) is 77.6 Å². The van der Waals surface area contributed by atoms with E-state index >= 15 is 0 Å². The lowest BCUT2D eigenvalue weighted by Gasteiger charge is -2.41. The molecule has 1 saturated heterocycles. The van der Waals surface area contributed by atoms with Crippen molar-refractivity contribution in [2.75, 3.05) is 31.5 Å². The summed E-state index contributed by atoms with van der Waals surface area (Å²) in [6, 6.07) is 11.6. The Morgan fingerprint density at radius 2 is 2.03 bits per heavy atom. The Kier molecular flexibility index (Phi) is 6.50. The van der Waals surface area contributed by atoms with Crippen molar-refractivity contribution in [3.8, 4) is 0 Å². The number of rotatable bonds is 5. The van der Waals surface area contributed by atoms with Gasteiger partial charge in [-0.25, -0.2) is 8.51 Å². The van der Waals surface area contributed by atoms with Gasteiger partial charge < -0.3 is 10.2 Å². The number of nitrogens with zero attached hydrogens (tertiary/aromatic N) is 3. The Morgan fingerprint density at radius 3 is 2.74 bits per heavy atom. The molecule has 0 aliphatic carbocycles. The van der Waals surface area contributed by atoms with Crippen LogP contribution < -0.4 is 10.6 Å². The van der Waals surface area contributed by atoms with Gasteiger partial charge in [0.1, 0.15) is 0 Å². The normalized spacial score (nSPS) is 20.2. The Bertz CT molecular complexity index is 1010. The van der Waals surface area contributed by atoms with Crippen molar-refractivity contribution < 1.29 is 9.00 Å². The molecule has 4 rings (SSSR count). The van der Waals surface area contributed by atoms with Gasteiger partial charge in [0.15, 0.2) is 0 Å². The van der Waals surface area contributed by atoms with Gasteiger partial charge in [0.25, 0.3) is 5.91 Å². The van der Waals surface area contributed by atoms with Crippen LogP contribution in [0, 0.1) is 0 Å². The fourth-order valence-electron chi connectivity index (χ4n) is 3.87. The second-order valence-corrected chi connectivity index (χ2v) is 9.65. The van der Waals surface area contributed by atoms with Crippen LogP contribution in [0.1, 0.15) is 53.8 Å². The van der Waals surface area contributed by atoms with E-state index in [1.165, 1.54) is 11.3 Å². The molecule has 2 atom stereocenters. The van der Waals surface area contributed by atoms with E-state index in [-0.39, 0.29) is 11.9 Å². The van der Waals surface area contributed by atoms with E-state index < -0.39 is 11.0 Å². The number of hydrogen-bond donors (Lipinski definition) is 2. The maximum absolute atomic E-state index is 12.8. The number of carbonyl (C=O) groups excluding carboxylic acids is 1. The van der Waals surface area contributed by atoms with Crippen LogP contribution in [0.4, 0.5) is 5.69 Å². The summed E-state index contributed by atoms with van der Waals surface area (Å²) in [7, 11) is -0.979. The van der Waals surface area contributed by atoms with E-state index in [1.54, 1.807) is 18.5 Å². The summed E-state index contributed by atoms with van der Waals surface area (Å²) in [5.74, 6) is 0.314. The van der Waals surface area contributed by atoms with E-state index in [1.807, 2.05) is 34.6 Å². The minimum atomic E-state index is -0.979. The monoisotopic (exact) mass is 439 g/mol. The molecule has 8 heteroatoms. The third kappa shape index (κ3) is 5.03. The predicted molar refractivity (Wildman–Crippen MR) is 124 cm³/mol. The predicted octanol–water partition coefficient (Wildman–Crippen LogP) is 3.20. The van der Waals surface area contributed by atoms with Crippen LogP contribution >= 0.6 is 0 Å². The van der Waals surface area contributed by atoms with Crippen LogP contribution in [0.2, 0.25) is 0 Å². The van der Waals surface area contributed by atoms with E-state index in [0.717, 1.165) is 17.8 Å². The molecule has 2 aromatic rings. The number of fused-ring (bicyclic) bond motifs is 1. The minimum Gasteiger partial charge on any atom is -0.348 e. The van der Waals surface area contributed by atoms with Crippen LogP contribution in [0.5, 0.6) is 0 Å². The number of anilines is 1. The highest BCUT2D eigenvalue weighted by atomic mass is 32.2. The molecule has 1 aromatic carbocycles. The molecule has 2 N–H and O–H groups in total. The molecule has 164 valence electrons. The van der Waals surface area contributed by atoms with Gasteiger partial charge in [0, 0.05) is 42.4 Å². The van der Waals surface area contributed by atoms with Crippen LogP contribution in [-0.2, 0) is 11.0 Å². The third-order valence-electron chi connectivity index (χ3n) is 5.81. The van der Waals surface area contributed by atoms with Gasteiger partial charge in [-0.2, -0.15) is 0 Å². The van der Waals surface area contributed by atoms with E-state index in [2.05, 4.69) is 40.4 Å². The van der Waals surface area contributed by atoms with Gasteiger partial charge in [0.2, 0.25) is 0 Å². The van der Waals surface area contributed by atoms with Gasteiger partial charge >= 0.3 is 0 Å². The Hall–Kier alpha value is -2.55. The zero-order valence-corrected chi connectivity index (χ0v) is 19.0.